The van der Waals surface area contributed by atoms with Gasteiger partial charge < -0.3 is 14.6 Å². The van der Waals surface area contributed by atoms with Gasteiger partial charge in [0.2, 0.25) is 5.88 Å². The van der Waals surface area contributed by atoms with E-state index in [1.54, 1.807) is 19.2 Å². The fourth-order valence-corrected chi connectivity index (χ4v) is 1.94. The van der Waals surface area contributed by atoms with E-state index in [4.69, 9.17) is 9.47 Å². The average molecular weight is 324 g/mol. The third kappa shape index (κ3) is 3.68. The van der Waals surface area contributed by atoms with E-state index in [-0.39, 0.29) is 6.61 Å². The molecule has 0 fully saturated rings. The van der Waals surface area contributed by atoms with Crippen molar-refractivity contribution in [1.29, 1.82) is 0 Å². The van der Waals surface area contributed by atoms with Crippen LogP contribution < -0.4 is 9.47 Å². The number of hydrogen-bond acceptors (Lipinski definition) is 4. The van der Waals surface area contributed by atoms with E-state index in [2.05, 4.69) is 20.9 Å². The maximum atomic E-state index is 9.18. The van der Waals surface area contributed by atoms with E-state index < -0.39 is 0 Å². The molecule has 0 saturated carbocycles. The number of pyridine rings is 1. The van der Waals surface area contributed by atoms with E-state index in [0.717, 1.165) is 15.7 Å². The molecule has 0 aliphatic rings. The first kappa shape index (κ1) is 13.8. The predicted octanol–water partition coefficient (Wildman–Crippen LogP) is 2.92. The van der Waals surface area contributed by atoms with Gasteiger partial charge in [0.15, 0.2) is 0 Å². The SMILES string of the molecule is COc1cccc(COc2ccc(Br)c(CO)c2)n1. The minimum atomic E-state index is -0.0325. The largest absolute Gasteiger partial charge is 0.487 e. The molecule has 0 radical (unpaired) electrons. The van der Waals surface area contributed by atoms with Gasteiger partial charge in [0, 0.05) is 10.5 Å². The summed E-state index contributed by atoms with van der Waals surface area (Å²) in [6.45, 7) is 0.318. The smallest absolute Gasteiger partial charge is 0.213 e. The van der Waals surface area contributed by atoms with Crippen LogP contribution in [0.1, 0.15) is 11.3 Å². The van der Waals surface area contributed by atoms with Crippen LogP contribution >= 0.6 is 15.9 Å². The second kappa shape index (κ2) is 6.54. The molecule has 0 unspecified atom stereocenters. The second-order valence-electron chi connectivity index (χ2n) is 3.87. The highest BCUT2D eigenvalue weighted by molar-refractivity contribution is 9.10. The predicted molar refractivity (Wildman–Crippen MR) is 75.2 cm³/mol. The van der Waals surface area contributed by atoms with Gasteiger partial charge >= 0.3 is 0 Å². The highest BCUT2D eigenvalue weighted by atomic mass is 79.9. The summed E-state index contributed by atoms with van der Waals surface area (Å²) in [6.07, 6.45) is 0. The molecule has 5 heteroatoms. The number of aliphatic hydroxyl groups is 1. The molecule has 19 heavy (non-hydrogen) atoms. The molecule has 4 nitrogen and oxygen atoms in total. The summed E-state index contributed by atoms with van der Waals surface area (Å²) in [4.78, 5) is 4.26. The van der Waals surface area contributed by atoms with Crippen LogP contribution in [-0.2, 0) is 13.2 Å². The van der Waals surface area contributed by atoms with Crippen LogP contribution in [0.5, 0.6) is 11.6 Å². The number of nitrogens with zero attached hydrogens (tertiary/aromatic N) is 1. The quantitative estimate of drug-likeness (QED) is 0.919. The van der Waals surface area contributed by atoms with E-state index in [1.165, 1.54) is 0 Å². The lowest BCUT2D eigenvalue weighted by Gasteiger charge is -2.09. The molecule has 1 aromatic heterocycles. The van der Waals surface area contributed by atoms with Crippen molar-refractivity contribution in [2.75, 3.05) is 7.11 Å². The monoisotopic (exact) mass is 323 g/mol. The maximum absolute atomic E-state index is 9.18. The average Bonchev–Trinajstić information content (AvgIpc) is 2.46. The number of rotatable bonds is 5. The maximum Gasteiger partial charge on any atom is 0.213 e. The van der Waals surface area contributed by atoms with Gasteiger partial charge in [0.25, 0.3) is 0 Å². The molecule has 1 heterocycles. The van der Waals surface area contributed by atoms with Crippen molar-refractivity contribution in [3.63, 3.8) is 0 Å². The van der Waals surface area contributed by atoms with Crippen LogP contribution in [-0.4, -0.2) is 17.2 Å². The minimum absolute atomic E-state index is 0.0325. The first-order chi connectivity index (χ1) is 9.22. The number of halogens is 1. The van der Waals surface area contributed by atoms with Crippen LogP contribution in [0.15, 0.2) is 40.9 Å². The Labute approximate surface area is 120 Å². The third-order valence-electron chi connectivity index (χ3n) is 2.56. The lowest BCUT2D eigenvalue weighted by molar-refractivity contribution is 0.276. The van der Waals surface area contributed by atoms with Gasteiger partial charge in [-0.3, -0.25) is 0 Å². The molecule has 0 aliphatic carbocycles. The fourth-order valence-electron chi connectivity index (χ4n) is 1.57. The number of ether oxygens (including phenoxy) is 2. The number of hydrogen-bond donors (Lipinski definition) is 1. The third-order valence-corrected chi connectivity index (χ3v) is 3.34. The Morgan fingerprint density at radius 1 is 1.26 bits per heavy atom. The van der Waals surface area contributed by atoms with Crippen molar-refractivity contribution in [3.05, 3.63) is 52.1 Å². The van der Waals surface area contributed by atoms with Gasteiger partial charge in [-0.05, 0) is 29.8 Å². The van der Waals surface area contributed by atoms with E-state index in [9.17, 15) is 5.11 Å². The Morgan fingerprint density at radius 2 is 2.11 bits per heavy atom. The highest BCUT2D eigenvalue weighted by Crippen LogP contribution is 2.23. The van der Waals surface area contributed by atoms with Crippen LogP contribution in [0.3, 0.4) is 0 Å². The lowest BCUT2D eigenvalue weighted by Crippen LogP contribution is -2.00. The molecular weight excluding hydrogens is 310 g/mol. The zero-order valence-electron chi connectivity index (χ0n) is 10.5. The first-order valence-corrected chi connectivity index (χ1v) is 6.54. The van der Waals surface area contributed by atoms with Gasteiger partial charge in [0.05, 0.1) is 19.4 Å². The Bertz CT molecular complexity index is 560. The number of methoxy groups -OCH3 is 1. The number of benzene rings is 1. The minimum Gasteiger partial charge on any atom is -0.487 e. The molecule has 0 spiro atoms. The van der Waals surface area contributed by atoms with E-state index >= 15 is 0 Å². The topological polar surface area (TPSA) is 51.6 Å². The van der Waals surface area contributed by atoms with Crippen molar-refractivity contribution in [2.24, 2.45) is 0 Å². The molecule has 0 atom stereocenters. The summed E-state index contributed by atoms with van der Waals surface area (Å²) >= 11 is 3.36. The van der Waals surface area contributed by atoms with Crippen LogP contribution in [0.4, 0.5) is 0 Å². The van der Waals surface area contributed by atoms with Crippen molar-refractivity contribution in [2.45, 2.75) is 13.2 Å². The van der Waals surface area contributed by atoms with Crippen molar-refractivity contribution >= 4 is 15.9 Å². The molecule has 1 aromatic carbocycles. The highest BCUT2D eigenvalue weighted by Gasteiger charge is 2.03. The summed E-state index contributed by atoms with van der Waals surface area (Å²) in [5.41, 5.74) is 1.57. The Balaban J connectivity index is 2.05. The molecular formula is C14H14BrNO3. The molecule has 2 aromatic rings. The Kier molecular flexibility index (Phi) is 4.76. The van der Waals surface area contributed by atoms with Gasteiger partial charge in [-0.25, -0.2) is 4.98 Å². The van der Waals surface area contributed by atoms with E-state index in [1.807, 2.05) is 24.3 Å². The van der Waals surface area contributed by atoms with Gasteiger partial charge in [-0.1, -0.05) is 22.0 Å². The summed E-state index contributed by atoms with van der Waals surface area (Å²) in [5.74, 6) is 1.25. The molecule has 1 N–H and O–H groups in total. The van der Waals surface area contributed by atoms with Gasteiger partial charge in [-0.15, -0.1) is 0 Å². The van der Waals surface area contributed by atoms with Gasteiger partial charge in [-0.2, -0.15) is 0 Å². The molecule has 100 valence electrons. The van der Waals surface area contributed by atoms with Crippen LogP contribution in [0, 0.1) is 0 Å². The lowest BCUT2D eigenvalue weighted by atomic mass is 10.2. The first-order valence-electron chi connectivity index (χ1n) is 5.75. The van der Waals surface area contributed by atoms with E-state index in [0.29, 0.717) is 18.2 Å². The van der Waals surface area contributed by atoms with Crippen molar-refractivity contribution in [1.82, 2.24) is 4.98 Å². The summed E-state index contributed by atoms with van der Waals surface area (Å²) in [7, 11) is 1.58. The molecule has 0 aliphatic heterocycles. The standard InChI is InChI=1S/C14H14BrNO3/c1-18-14-4-2-3-11(16-14)9-19-12-5-6-13(15)10(7-12)8-17/h2-7,17H,8-9H2,1H3. The fraction of sp³-hybridized carbons (Fsp3) is 0.214. The summed E-state index contributed by atoms with van der Waals surface area (Å²) in [5, 5.41) is 9.18. The van der Waals surface area contributed by atoms with Crippen LogP contribution in [0.2, 0.25) is 0 Å². The zero-order valence-corrected chi connectivity index (χ0v) is 12.1. The molecule has 0 bridgehead atoms. The second-order valence-corrected chi connectivity index (χ2v) is 4.73. The molecule has 0 amide bonds. The summed E-state index contributed by atoms with van der Waals surface area (Å²) in [6, 6.07) is 11.0. The molecule has 2 rings (SSSR count). The Morgan fingerprint density at radius 3 is 2.84 bits per heavy atom. The Hall–Kier alpha value is -1.59. The summed E-state index contributed by atoms with van der Waals surface area (Å²) < 4.78 is 11.6. The van der Waals surface area contributed by atoms with Gasteiger partial charge in [0.1, 0.15) is 12.4 Å². The van der Waals surface area contributed by atoms with Crippen molar-refractivity contribution in [3.8, 4) is 11.6 Å². The number of aliphatic hydroxyl groups excluding tert-OH is 1. The normalized spacial score (nSPS) is 10.3. The zero-order chi connectivity index (χ0) is 13.7. The van der Waals surface area contributed by atoms with Crippen LogP contribution in [0.25, 0.3) is 0 Å². The van der Waals surface area contributed by atoms with Crippen molar-refractivity contribution < 1.29 is 14.6 Å². The molecule has 0 saturated heterocycles. The number of aromatic nitrogens is 1.